The third-order valence-electron chi connectivity index (χ3n) is 2.77. The predicted molar refractivity (Wildman–Crippen MR) is 61.7 cm³/mol. The van der Waals surface area contributed by atoms with Gasteiger partial charge in [0.1, 0.15) is 11.5 Å². The van der Waals surface area contributed by atoms with Crippen LogP contribution in [0.5, 0.6) is 0 Å². The Bertz CT molecular complexity index is 414. The summed E-state index contributed by atoms with van der Waals surface area (Å²) in [5.41, 5.74) is 0.304. The smallest absolute Gasteiger partial charge is 0.272 e. The van der Waals surface area contributed by atoms with E-state index >= 15 is 0 Å². The minimum Gasteiger partial charge on any atom is -0.388 e. The van der Waals surface area contributed by atoms with E-state index in [1.807, 2.05) is 0 Å². The molecule has 2 atom stereocenters. The fourth-order valence-electron chi connectivity index (χ4n) is 1.79. The Kier molecular flexibility index (Phi) is 3.26. The Morgan fingerprint density at radius 2 is 2.06 bits per heavy atom. The number of likely N-dealkylation sites (tertiary alicyclic amines) is 1. The van der Waals surface area contributed by atoms with Crippen molar-refractivity contribution in [3.8, 4) is 0 Å². The normalized spacial score (nSPS) is 23.8. The summed E-state index contributed by atoms with van der Waals surface area (Å²) in [5.74, 6) is 0.328. The molecule has 6 nitrogen and oxygen atoms in total. The Hall–Kier alpha value is -1.66. The van der Waals surface area contributed by atoms with Gasteiger partial charge >= 0.3 is 0 Å². The number of pyridine rings is 1. The maximum Gasteiger partial charge on any atom is 0.272 e. The number of β-amino-alcohol motifs (C(OH)–C–C–N with tert-alkyl or cyclic N) is 2. The van der Waals surface area contributed by atoms with Gasteiger partial charge in [0.2, 0.25) is 0 Å². The fourth-order valence-corrected chi connectivity index (χ4v) is 1.79. The lowest BCUT2D eigenvalue weighted by Crippen LogP contribution is -2.30. The van der Waals surface area contributed by atoms with Crippen LogP contribution in [-0.2, 0) is 0 Å². The number of hydrogen-bond acceptors (Lipinski definition) is 5. The molecule has 92 valence electrons. The molecule has 1 amide bonds. The van der Waals surface area contributed by atoms with Crippen molar-refractivity contribution in [1.29, 1.82) is 0 Å². The highest BCUT2D eigenvalue weighted by molar-refractivity contribution is 5.93. The number of aromatic nitrogens is 1. The summed E-state index contributed by atoms with van der Waals surface area (Å²) in [6, 6.07) is 5.10. The maximum atomic E-state index is 12.0. The molecule has 2 rings (SSSR count). The van der Waals surface area contributed by atoms with E-state index in [1.165, 1.54) is 4.90 Å². The van der Waals surface area contributed by atoms with Crippen molar-refractivity contribution in [2.45, 2.75) is 12.2 Å². The lowest BCUT2D eigenvalue weighted by molar-refractivity contribution is 0.0572. The molecular formula is C11H15N3O3. The van der Waals surface area contributed by atoms with Crippen LogP contribution in [0.15, 0.2) is 18.2 Å². The van der Waals surface area contributed by atoms with Gasteiger partial charge in [0.15, 0.2) is 0 Å². The van der Waals surface area contributed by atoms with Crippen molar-refractivity contribution >= 4 is 11.7 Å². The van der Waals surface area contributed by atoms with Crippen molar-refractivity contribution in [2.75, 3.05) is 25.5 Å². The highest BCUT2D eigenvalue weighted by atomic mass is 16.3. The van der Waals surface area contributed by atoms with Crippen LogP contribution < -0.4 is 5.32 Å². The number of aliphatic hydroxyl groups is 2. The van der Waals surface area contributed by atoms with Crippen molar-refractivity contribution in [3.63, 3.8) is 0 Å². The molecule has 17 heavy (non-hydrogen) atoms. The van der Waals surface area contributed by atoms with Gasteiger partial charge in [-0.25, -0.2) is 4.98 Å². The molecule has 1 saturated heterocycles. The quantitative estimate of drug-likeness (QED) is 0.633. The van der Waals surface area contributed by atoms with Crippen LogP contribution >= 0.6 is 0 Å². The monoisotopic (exact) mass is 237 g/mol. The first-order chi connectivity index (χ1) is 8.11. The summed E-state index contributed by atoms with van der Waals surface area (Å²) < 4.78 is 0. The molecule has 1 aliphatic rings. The molecule has 0 aromatic carbocycles. The fraction of sp³-hybridized carbons (Fsp3) is 0.455. The van der Waals surface area contributed by atoms with Crippen molar-refractivity contribution in [3.05, 3.63) is 23.9 Å². The van der Waals surface area contributed by atoms with E-state index in [0.717, 1.165) is 0 Å². The van der Waals surface area contributed by atoms with Crippen LogP contribution in [0.3, 0.4) is 0 Å². The molecule has 1 aliphatic heterocycles. The van der Waals surface area contributed by atoms with E-state index in [4.69, 9.17) is 0 Å². The van der Waals surface area contributed by atoms with Gasteiger partial charge in [0.05, 0.1) is 12.2 Å². The molecule has 0 aliphatic carbocycles. The zero-order chi connectivity index (χ0) is 12.4. The minimum atomic E-state index is -0.869. The van der Waals surface area contributed by atoms with Gasteiger partial charge in [0, 0.05) is 20.1 Å². The average Bonchev–Trinajstić information content (AvgIpc) is 2.69. The van der Waals surface area contributed by atoms with E-state index in [-0.39, 0.29) is 19.0 Å². The van der Waals surface area contributed by atoms with E-state index in [9.17, 15) is 15.0 Å². The van der Waals surface area contributed by atoms with Crippen molar-refractivity contribution in [1.82, 2.24) is 9.88 Å². The lowest BCUT2D eigenvalue weighted by atomic mass is 10.3. The van der Waals surface area contributed by atoms with E-state index in [0.29, 0.717) is 11.5 Å². The van der Waals surface area contributed by atoms with Gasteiger partial charge in [-0.05, 0) is 12.1 Å². The number of nitrogens with one attached hydrogen (secondary N) is 1. The summed E-state index contributed by atoms with van der Waals surface area (Å²) in [4.78, 5) is 17.5. The third kappa shape index (κ3) is 2.37. The van der Waals surface area contributed by atoms with Gasteiger partial charge in [-0.2, -0.15) is 0 Å². The van der Waals surface area contributed by atoms with Gasteiger partial charge < -0.3 is 20.4 Å². The van der Waals surface area contributed by atoms with Crippen LogP contribution in [-0.4, -0.2) is 58.3 Å². The number of anilines is 1. The number of aliphatic hydroxyl groups excluding tert-OH is 2. The van der Waals surface area contributed by atoms with Crippen molar-refractivity contribution < 1.29 is 15.0 Å². The van der Waals surface area contributed by atoms with E-state index < -0.39 is 12.2 Å². The van der Waals surface area contributed by atoms with E-state index in [2.05, 4.69) is 10.3 Å². The summed E-state index contributed by atoms with van der Waals surface area (Å²) >= 11 is 0. The number of carbonyl (C=O) groups is 1. The number of hydrogen-bond donors (Lipinski definition) is 3. The minimum absolute atomic E-state index is 0.144. The van der Waals surface area contributed by atoms with Crippen LogP contribution in [0.2, 0.25) is 0 Å². The number of amides is 1. The Labute approximate surface area is 98.9 Å². The molecule has 3 N–H and O–H groups in total. The van der Waals surface area contributed by atoms with Gasteiger partial charge in [-0.15, -0.1) is 0 Å². The third-order valence-corrected chi connectivity index (χ3v) is 2.77. The summed E-state index contributed by atoms with van der Waals surface area (Å²) in [7, 11) is 1.72. The molecule has 0 bridgehead atoms. The lowest BCUT2D eigenvalue weighted by Gasteiger charge is -2.14. The molecule has 6 heteroatoms. The Morgan fingerprint density at radius 1 is 1.41 bits per heavy atom. The molecule has 2 heterocycles. The Balaban J connectivity index is 2.14. The molecule has 1 aromatic heterocycles. The molecule has 0 saturated carbocycles. The largest absolute Gasteiger partial charge is 0.388 e. The predicted octanol–water partition coefficient (Wildman–Crippen LogP) is -0.699. The highest BCUT2D eigenvalue weighted by Crippen LogP contribution is 2.14. The standard InChI is InChI=1S/C11H15N3O3/c1-12-10-4-2-3-7(13-10)11(17)14-5-8(15)9(16)6-14/h2-4,8-9,15-16H,5-6H2,1H3,(H,12,13). The van der Waals surface area contributed by atoms with Crippen LogP contribution in [0, 0.1) is 0 Å². The zero-order valence-corrected chi connectivity index (χ0v) is 9.50. The maximum absolute atomic E-state index is 12.0. The number of nitrogens with zero attached hydrogens (tertiary/aromatic N) is 2. The van der Waals surface area contributed by atoms with Gasteiger partial charge in [0.25, 0.3) is 5.91 Å². The first kappa shape index (κ1) is 11.8. The Morgan fingerprint density at radius 3 is 2.65 bits per heavy atom. The first-order valence-electron chi connectivity index (χ1n) is 5.42. The second kappa shape index (κ2) is 4.68. The SMILES string of the molecule is CNc1cccc(C(=O)N2CC(O)C(O)C2)n1. The second-order valence-electron chi connectivity index (χ2n) is 4.00. The molecule has 1 fully saturated rings. The molecule has 0 radical (unpaired) electrons. The molecule has 0 spiro atoms. The zero-order valence-electron chi connectivity index (χ0n) is 9.50. The first-order valence-corrected chi connectivity index (χ1v) is 5.42. The van der Waals surface area contributed by atoms with Crippen LogP contribution in [0.1, 0.15) is 10.5 Å². The molecule has 1 aromatic rings. The summed E-state index contributed by atoms with van der Waals surface area (Å²) in [6.07, 6.45) is -1.74. The van der Waals surface area contributed by atoms with Crippen molar-refractivity contribution in [2.24, 2.45) is 0 Å². The second-order valence-corrected chi connectivity index (χ2v) is 4.00. The molecule has 2 unspecified atom stereocenters. The summed E-state index contributed by atoms with van der Waals surface area (Å²) in [6.45, 7) is 0.289. The van der Waals surface area contributed by atoms with Gasteiger partial charge in [-0.1, -0.05) is 6.07 Å². The number of carbonyl (C=O) groups excluding carboxylic acids is 1. The van der Waals surface area contributed by atoms with Gasteiger partial charge in [-0.3, -0.25) is 4.79 Å². The topological polar surface area (TPSA) is 85.7 Å². The highest BCUT2D eigenvalue weighted by Gasteiger charge is 2.33. The summed E-state index contributed by atoms with van der Waals surface area (Å²) in [5, 5.41) is 21.6. The molecular weight excluding hydrogens is 222 g/mol. The van der Waals surface area contributed by atoms with Crippen LogP contribution in [0.4, 0.5) is 5.82 Å². The van der Waals surface area contributed by atoms with Crippen LogP contribution in [0.25, 0.3) is 0 Å². The number of rotatable bonds is 2. The average molecular weight is 237 g/mol. The van der Waals surface area contributed by atoms with E-state index in [1.54, 1.807) is 25.2 Å².